The number of hydrogen-bond donors (Lipinski definition) is 4. The molecule has 0 saturated carbocycles. The molecule has 0 aliphatic carbocycles. The van der Waals surface area contributed by atoms with Gasteiger partial charge in [-0.3, -0.25) is 0 Å². The lowest BCUT2D eigenvalue weighted by Crippen LogP contribution is -2.13. The van der Waals surface area contributed by atoms with Gasteiger partial charge in [-0.1, -0.05) is 115 Å². The molecule has 0 radical (unpaired) electrons. The zero-order valence-corrected chi connectivity index (χ0v) is 27.5. The van der Waals surface area contributed by atoms with Gasteiger partial charge in [-0.05, 0) is 75.1 Å². The van der Waals surface area contributed by atoms with Gasteiger partial charge in [0.05, 0.1) is 23.3 Å². The molecule has 6 heteroatoms. The van der Waals surface area contributed by atoms with Crippen molar-refractivity contribution in [1.82, 2.24) is 0 Å². The summed E-state index contributed by atoms with van der Waals surface area (Å²) in [6, 6.07) is 16.6. The molecule has 0 aromatic heterocycles. The molecule has 0 fully saturated rings. The highest BCUT2D eigenvalue weighted by atomic mass is 16.4. The summed E-state index contributed by atoms with van der Waals surface area (Å²) in [5, 5.41) is 34.6. The predicted octanol–water partition coefficient (Wildman–Crippen LogP) is 9.66. The van der Waals surface area contributed by atoms with Gasteiger partial charge in [0.25, 0.3) is 0 Å². The fourth-order valence-corrected chi connectivity index (χ4v) is 4.29. The molecule has 0 amide bonds. The van der Waals surface area contributed by atoms with E-state index < -0.39 is 11.9 Å². The number of carboxylic acid groups (broad SMARTS) is 2. The zero-order chi connectivity index (χ0) is 32.9. The number of aromatic carboxylic acids is 2. The first kappa shape index (κ1) is 42.2. The average Bonchev–Trinajstić information content (AvgIpc) is 2.98. The maximum absolute atomic E-state index is 10.2. The molecular formula is C37H60O6. The number of carboxylic acids is 2. The van der Waals surface area contributed by atoms with E-state index in [-0.39, 0.29) is 12.2 Å². The first-order chi connectivity index (χ1) is 20.5. The highest BCUT2D eigenvalue weighted by molar-refractivity contribution is 5.87. The van der Waals surface area contributed by atoms with E-state index in [0.717, 1.165) is 24.7 Å². The molecule has 0 aliphatic heterocycles. The number of unbranched alkanes of at least 4 members (excludes halogenated alkanes) is 5. The monoisotopic (exact) mass is 600 g/mol. The Morgan fingerprint density at radius 1 is 0.698 bits per heavy atom. The van der Waals surface area contributed by atoms with E-state index in [9.17, 15) is 9.59 Å². The third-order valence-corrected chi connectivity index (χ3v) is 6.88. The predicted molar refractivity (Wildman–Crippen MR) is 180 cm³/mol. The molecule has 4 unspecified atom stereocenters. The molecule has 0 saturated heterocycles. The molecule has 0 aliphatic rings. The second-order valence-electron chi connectivity index (χ2n) is 11.4. The number of carbonyl (C=O) groups is 2. The Hall–Kier alpha value is -2.96. The summed E-state index contributed by atoms with van der Waals surface area (Å²) in [5.41, 5.74) is 0.662. The van der Waals surface area contributed by atoms with E-state index in [4.69, 9.17) is 20.4 Å². The third-order valence-electron chi connectivity index (χ3n) is 6.88. The number of aliphatic hydroxyl groups is 2. The Kier molecular flexibility index (Phi) is 28.6. The Morgan fingerprint density at radius 3 is 1.53 bits per heavy atom. The zero-order valence-electron chi connectivity index (χ0n) is 27.5. The molecule has 0 heterocycles. The van der Waals surface area contributed by atoms with Gasteiger partial charge in [-0.25, -0.2) is 9.59 Å². The second-order valence-corrected chi connectivity index (χ2v) is 11.4. The van der Waals surface area contributed by atoms with Crippen LogP contribution in [0.25, 0.3) is 0 Å². The summed E-state index contributed by atoms with van der Waals surface area (Å²) in [6.45, 7) is 14.6. The average molecular weight is 601 g/mol. The first-order valence-corrected chi connectivity index (χ1v) is 16.0. The fourth-order valence-electron chi connectivity index (χ4n) is 4.29. The van der Waals surface area contributed by atoms with Crippen molar-refractivity contribution in [1.29, 1.82) is 0 Å². The summed E-state index contributed by atoms with van der Waals surface area (Å²) < 4.78 is 0. The quantitative estimate of drug-likeness (QED) is 0.106. The summed E-state index contributed by atoms with van der Waals surface area (Å²) in [6.07, 6.45) is 16.1. The topological polar surface area (TPSA) is 115 Å². The van der Waals surface area contributed by atoms with E-state index in [2.05, 4.69) is 27.4 Å². The minimum Gasteiger partial charge on any atom is -0.478 e. The summed E-state index contributed by atoms with van der Waals surface area (Å²) >= 11 is 0. The van der Waals surface area contributed by atoms with Crippen LogP contribution in [0.1, 0.15) is 132 Å². The van der Waals surface area contributed by atoms with Gasteiger partial charge in [0.1, 0.15) is 0 Å². The largest absolute Gasteiger partial charge is 0.478 e. The van der Waals surface area contributed by atoms with E-state index in [1.807, 2.05) is 13.0 Å². The summed E-state index contributed by atoms with van der Waals surface area (Å²) in [7, 11) is 0. The van der Waals surface area contributed by atoms with Gasteiger partial charge in [0.15, 0.2) is 0 Å². The Labute approximate surface area is 261 Å². The van der Waals surface area contributed by atoms with Gasteiger partial charge >= 0.3 is 11.9 Å². The smallest absolute Gasteiger partial charge is 0.335 e. The maximum atomic E-state index is 10.2. The van der Waals surface area contributed by atoms with Crippen LogP contribution in [0.4, 0.5) is 0 Å². The summed E-state index contributed by atoms with van der Waals surface area (Å²) in [4.78, 5) is 20.4. The van der Waals surface area contributed by atoms with Crippen LogP contribution in [0, 0.1) is 11.8 Å². The highest BCUT2D eigenvalue weighted by Gasteiger charge is 2.07. The van der Waals surface area contributed by atoms with Crippen LogP contribution < -0.4 is 0 Å². The van der Waals surface area contributed by atoms with Gasteiger partial charge in [0.2, 0.25) is 0 Å². The van der Waals surface area contributed by atoms with Crippen molar-refractivity contribution in [3.63, 3.8) is 0 Å². The van der Waals surface area contributed by atoms with Crippen LogP contribution in [0.3, 0.4) is 0 Å². The minimum atomic E-state index is -0.879. The molecule has 43 heavy (non-hydrogen) atoms. The van der Waals surface area contributed by atoms with Crippen LogP contribution in [-0.4, -0.2) is 44.6 Å². The molecule has 4 atom stereocenters. The molecule has 2 aromatic rings. The molecule has 4 N–H and O–H groups in total. The molecule has 244 valence electrons. The lowest BCUT2D eigenvalue weighted by atomic mass is 9.91. The normalized spacial score (nSPS) is 12.8. The minimum absolute atomic E-state index is 0.310. The van der Waals surface area contributed by atoms with Crippen molar-refractivity contribution in [2.75, 3.05) is 0 Å². The Bertz CT molecular complexity index is 864. The molecule has 2 rings (SSSR count). The van der Waals surface area contributed by atoms with Crippen molar-refractivity contribution in [3.05, 3.63) is 84.4 Å². The van der Waals surface area contributed by atoms with Crippen LogP contribution in [0.5, 0.6) is 0 Å². The lowest BCUT2D eigenvalue weighted by Gasteiger charge is -2.15. The van der Waals surface area contributed by atoms with Crippen LogP contribution in [0.15, 0.2) is 73.3 Å². The van der Waals surface area contributed by atoms with Gasteiger partial charge in [-0.15, -0.1) is 6.58 Å². The van der Waals surface area contributed by atoms with Crippen molar-refractivity contribution in [3.8, 4) is 0 Å². The Morgan fingerprint density at radius 2 is 1.16 bits per heavy atom. The number of aliphatic hydroxyl groups excluding tert-OH is 2. The second kappa shape index (κ2) is 29.1. The van der Waals surface area contributed by atoms with Crippen molar-refractivity contribution < 1.29 is 30.0 Å². The molecule has 0 spiro atoms. The summed E-state index contributed by atoms with van der Waals surface area (Å²) in [5.74, 6) is 0.0944. The molecule has 0 bridgehead atoms. The number of hydrogen-bond acceptors (Lipinski definition) is 4. The van der Waals surface area contributed by atoms with Gasteiger partial charge in [-0.2, -0.15) is 0 Å². The van der Waals surface area contributed by atoms with Crippen LogP contribution in [-0.2, 0) is 0 Å². The van der Waals surface area contributed by atoms with Crippen LogP contribution >= 0.6 is 0 Å². The number of benzene rings is 2. The van der Waals surface area contributed by atoms with Crippen molar-refractivity contribution in [2.45, 2.75) is 124 Å². The van der Waals surface area contributed by atoms with E-state index in [1.165, 1.54) is 57.8 Å². The number of allylic oxidation sites excluding steroid dienone is 1. The van der Waals surface area contributed by atoms with E-state index >= 15 is 0 Å². The number of rotatable bonds is 17. The standard InChI is InChI=1S/C16H32.2C7H6O2.C7H16O2/c1-5-7-8-9-10-11-12-13-16(4)14-15(3)6-2;2*8-7(9)6-4-2-1-3-5-6;1-3-4-7(9)5-6(2)8/h5,15-16H,1,6-14H2,2-4H3;2*1-5H,(H,8,9);6-9H,3-5H2,1-2H3. The van der Waals surface area contributed by atoms with Gasteiger partial charge in [0, 0.05) is 0 Å². The maximum Gasteiger partial charge on any atom is 0.335 e. The SMILES string of the molecule is C=CCCCCCCCC(C)CC(C)CC.CCCC(O)CC(C)O.O=C(O)c1ccccc1.O=C(O)c1ccccc1. The van der Waals surface area contributed by atoms with Gasteiger partial charge < -0.3 is 20.4 Å². The Balaban J connectivity index is 0. The molecular weight excluding hydrogens is 540 g/mol. The first-order valence-electron chi connectivity index (χ1n) is 16.0. The van der Waals surface area contributed by atoms with Crippen molar-refractivity contribution >= 4 is 11.9 Å². The van der Waals surface area contributed by atoms with E-state index in [0.29, 0.717) is 17.5 Å². The third kappa shape index (κ3) is 28.9. The molecule has 6 nitrogen and oxygen atoms in total. The van der Waals surface area contributed by atoms with Crippen molar-refractivity contribution in [2.24, 2.45) is 11.8 Å². The van der Waals surface area contributed by atoms with E-state index in [1.54, 1.807) is 67.6 Å². The van der Waals surface area contributed by atoms with Crippen LogP contribution in [0.2, 0.25) is 0 Å². The highest BCUT2D eigenvalue weighted by Crippen LogP contribution is 2.20. The molecule has 2 aromatic carbocycles. The lowest BCUT2D eigenvalue weighted by molar-refractivity contribution is 0.0686. The fraction of sp³-hybridized carbons (Fsp3) is 0.568.